The molecule has 2 rings (SSSR count). The Morgan fingerprint density at radius 3 is 2.76 bits per heavy atom. The van der Waals surface area contributed by atoms with E-state index >= 15 is 0 Å². The lowest BCUT2D eigenvalue weighted by Crippen LogP contribution is -2.35. The second-order valence-corrected chi connectivity index (χ2v) is 5.73. The monoisotopic (exact) mass is 292 g/mol. The third-order valence-corrected chi connectivity index (χ3v) is 4.71. The van der Waals surface area contributed by atoms with Gasteiger partial charge in [-0.25, -0.2) is 0 Å². The average Bonchev–Trinajstić information content (AvgIpc) is 2.36. The fourth-order valence-electron chi connectivity index (χ4n) is 2.29. The molecule has 1 heterocycles. The van der Waals surface area contributed by atoms with Crippen molar-refractivity contribution in [2.45, 2.75) is 19.3 Å². The Hall–Kier alpha value is 0.0500. The highest BCUT2D eigenvalue weighted by Crippen LogP contribution is 2.37. The van der Waals surface area contributed by atoms with Gasteiger partial charge in [0.2, 0.25) is 0 Å². The van der Waals surface area contributed by atoms with Crippen LogP contribution in [0.5, 0.6) is 0 Å². The summed E-state index contributed by atoms with van der Waals surface area (Å²) >= 11 is 18.4. The van der Waals surface area contributed by atoms with Crippen LogP contribution in [0.25, 0.3) is 0 Å². The Morgan fingerprint density at radius 2 is 2.12 bits per heavy atom. The van der Waals surface area contributed by atoms with Gasteiger partial charge in [0.25, 0.3) is 0 Å². The molecule has 1 saturated heterocycles. The van der Waals surface area contributed by atoms with Crippen molar-refractivity contribution in [1.29, 1.82) is 0 Å². The van der Waals surface area contributed by atoms with Gasteiger partial charge in [-0.05, 0) is 30.9 Å². The summed E-state index contributed by atoms with van der Waals surface area (Å²) in [4.78, 5) is 0. The number of hydrogen-bond acceptors (Lipinski definition) is 1. The molecule has 1 aromatic carbocycles. The van der Waals surface area contributed by atoms with E-state index in [0.29, 0.717) is 22.5 Å². The van der Waals surface area contributed by atoms with E-state index in [1.165, 1.54) is 0 Å². The first kappa shape index (κ1) is 13.5. The summed E-state index contributed by atoms with van der Waals surface area (Å²) in [7, 11) is 0. The quantitative estimate of drug-likeness (QED) is 0.742. The number of alkyl halides is 1. The van der Waals surface area contributed by atoms with Gasteiger partial charge in [-0.15, -0.1) is 11.6 Å². The third-order valence-electron chi connectivity index (χ3n) is 3.28. The molecule has 1 nitrogen and oxygen atoms in total. The number of benzene rings is 1. The second kappa shape index (κ2) is 5.79. The molecule has 17 heavy (non-hydrogen) atoms. The van der Waals surface area contributed by atoms with Crippen molar-refractivity contribution in [1.82, 2.24) is 0 Å². The molecule has 0 N–H and O–H groups in total. The zero-order valence-electron chi connectivity index (χ0n) is 9.52. The molecule has 4 heteroatoms. The van der Waals surface area contributed by atoms with Crippen molar-refractivity contribution in [2.75, 3.05) is 19.1 Å². The van der Waals surface area contributed by atoms with Crippen molar-refractivity contribution in [3.05, 3.63) is 33.8 Å². The van der Waals surface area contributed by atoms with Gasteiger partial charge in [-0.2, -0.15) is 0 Å². The van der Waals surface area contributed by atoms with Crippen molar-refractivity contribution in [3.8, 4) is 0 Å². The Bertz CT molecular complexity index is 386. The molecule has 0 saturated carbocycles. The second-order valence-electron chi connectivity index (χ2n) is 4.68. The third kappa shape index (κ3) is 3.08. The van der Waals surface area contributed by atoms with Crippen LogP contribution in [-0.4, -0.2) is 19.1 Å². The van der Waals surface area contributed by atoms with Crippen LogP contribution in [0.2, 0.25) is 10.0 Å². The smallest absolute Gasteiger partial charge is 0.0624 e. The number of ether oxygens (including phenoxy) is 1. The highest BCUT2D eigenvalue weighted by molar-refractivity contribution is 6.42. The van der Waals surface area contributed by atoms with Crippen LogP contribution in [0.4, 0.5) is 0 Å². The summed E-state index contributed by atoms with van der Waals surface area (Å²) in [6.45, 7) is 1.54. The summed E-state index contributed by atoms with van der Waals surface area (Å²) in [5.41, 5.74) is 1.07. The molecule has 0 aromatic heterocycles. The van der Waals surface area contributed by atoms with E-state index in [1.807, 2.05) is 12.1 Å². The largest absolute Gasteiger partial charge is 0.381 e. The topological polar surface area (TPSA) is 9.23 Å². The predicted octanol–water partition coefficient (Wildman–Crippen LogP) is 4.57. The molecule has 0 aliphatic carbocycles. The first-order valence-corrected chi connectivity index (χ1v) is 7.02. The molecule has 1 aromatic rings. The lowest BCUT2D eigenvalue weighted by molar-refractivity contribution is 0.00479. The average molecular weight is 294 g/mol. The summed E-state index contributed by atoms with van der Waals surface area (Å²) < 4.78 is 5.56. The summed E-state index contributed by atoms with van der Waals surface area (Å²) in [6, 6.07) is 5.74. The Kier molecular flexibility index (Phi) is 4.59. The standard InChI is InChI=1S/C13H15Cl3O/c14-8-13(5-2-6-17-9-13)7-10-3-1-4-11(15)12(10)16/h1,3-4H,2,5-9H2. The molecule has 1 fully saturated rings. The summed E-state index contributed by atoms with van der Waals surface area (Å²) in [6.07, 6.45) is 2.97. The van der Waals surface area contributed by atoms with Gasteiger partial charge in [0, 0.05) is 17.9 Å². The van der Waals surface area contributed by atoms with E-state index in [-0.39, 0.29) is 5.41 Å². The zero-order valence-corrected chi connectivity index (χ0v) is 11.8. The number of hydrogen-bond donors (Lipinski definition) is 0. The van der Waals surface area contributed by atoms with E-state index in [9.17, 15) is 0 Å². The van der Waals surface area contributed by atoms with Crippen LogP contribution in [0.1, 0.15) is 18.4 Å². The number of rotatable bonds is 3. The van der Waals surface area contributed by atoms with E-state index in [4.69, 9.17) is 39.5 Å². The Morgan fingerprint density at radius 1 is 1.29 bits per heavy atom. The normalized spacial score (nSPS) is 24.9. The maximum atomic E-state index is 6.22. The summed E-state index contributed by atoms with van der Waals surface area (Å²) in [5.74, 6) is 0.593. The molecule has 1 aliphatic rings. The van der Waals surface area contributed by atoms with E-state index in [0.717, 1.165) is 31.4 Å². The van der Waals surface area contributed by atoms with Gasteiger partial charge >= 0.3 is 0 Å². The van der Waals surface area contributed by atoms with Crippen LogP contribution >= 0.6 is 34.8 Å². The van der Waals surface area contributed by atoms with Crippen LogP contribution in [0.15, 0.2) is 18.2 Å². The van der Waals surface area contributed by atoms with Crippen molar-refractivity contribution in [3.63, 3.8) is 0 Å². The van der Waals surface area contributed by atoms with Gasteiger partial charge < -0.3 is 4.74 Å². The molecule has 1 unspecified atom stereocenters. The minimum atomic E-state index is 0.00806. The van der Waals surface area contributed by atoms with Crippen LogP contribution < -0.4 is 0 Å². The van der Waals surface area contributed by atoms with Crippen LogP contribution in [0, 0.1) is 5.41 Å². The highest BCUT2D eigenvalue weighted by atomic mass is 35.5. The van der Waals surface area contributed by atoms with Gasteiger partial charge in [0.1, 0.15) is 0 Å². The number of halogens is 3. The molecular weight excluding hydrogens is 279 g/mol. The summed E-state index contributed by atoms with van der Waals surface area (Å²) in [5, 5.41) is 1.25. The Balaban J connectivity index is 2.20. The van der Waals surface area contributed by atoms with Crippen molar-refractivity contribution < 1.29 is 4.74 Å². The molecular formula is C13H15Cl3O. The van der Waals surface area contributed by atoms with E-state index < -0.39 is 0 Å². The highest BCUT2D eigenvalue weighted by Gasteiger charge is 2.33. The molecule has 0 amide bonds. The lowest BCUT2D eigenvalue weighted by Gasteiger charge is -2.35. The molecule has 0 spiro atoms. The first-order chi connectivity index (χ1) is 8.17. The maximum Gasteiger partial charge on any atom is 0.0624 e. The molecule has 1 atom stereocenters. The molecule has 94 valence electrons. The predicted molar refractivity (Wildman–Crippen MR) is 73.4 cm³/mol. The van der Waals surface area contributed by atoms with Gasteiger partial charge in [0.05, 0.1) is 16.7 Å². The van der Waals surface area contributed by atoms with Gasteiger partial charge in [0.15, 0.2) is 0 Å². The van der Waals surface area contributed by atoms with Crippen LogP contribution in [0.3, 0.4) is 0 Å². The van der Waals surface area contributed by atoms with Gasteiger partial charge in [-0.3, -0.25) is 0 Å². The lowest BCUT2D eigenvalue weighted by atomic mass is 9.79. The van der Waals surface area contributed by atoms with Gasteiger partial charge in [-0.1, -0.05) is 35.3 Å². The fourth-order valence-corrected chi connectivity index (χ4v) is 2.98. The van der Waals surface area contributed by atoms with E-state index in [2.05, 4.69) is 0 Å². The minimum absolute atomic E-state index is 0.00806. The minimum Gasteiger partial charge on any atom is -0.381 e. The van der Waals surface area contributed by atoms with Crippen molar-refractivity contribution >= 4 is 34.8 Å². The first-order valence-electron chi connectivity index (χ1n) is 5.73. The van der Waals surface area contributed by atoms with E-state index in [1.54, 1.807) is 6.07 Å². The maximum absolute atomic E-state index is 6.22. The van der Waals surface area contributed by atoms with Crippen LogP contribution in [-0.2, 0) is 11.2 Å². The zero-order chi connectivity index (χ0) is 12.3. The molecule has 1 aliphatic heterocycles. The Labute approximate surface area is 117 Å². The fraction of sp³-hybridized carbons (Fsp3) is 0.538. The molecule has 0 radical (unpaired) electrons. The molecule has 0 bridgehead atoms. The van der Waals surface area contributed by atoms with Crippen molar-refractivity contribution in [2.24, 2.45) is 5.41 Å². The SMILES string of the molecule is ClCC1(Cc2cccc(Cl)c2Cl)CCCOC1.